The minimum Gasteiger partial charge on any atom is -0.427 e. The molecule has 0 spiro atoms. The zero-order valence-electron chi connectivity index (χ0n) is 23.4. The van der Waals surface area contributed by atoms with Gasteiger partial charge >= 0.3 is 11.8 Å². The van der Waals surface area contributed by atoms with Crippen LogP contribution in [0.15, 0.2) is 44.8 Å². The molecular formula is C29H38F3N3O5. The van der Waals surface area contributed by atoms with E-state index in [1.807, 2.05) is 38.1 Å². The average molecular weight is 566 g/mol. The lowest BCUT2D eigenvalue weighted by Crippen LogP contribution is -2.54. The topological polar surface area (TPSA) is 106 Å². The molecule has 0 aromatic carbocycles. The van der Waals surface area contributed by atoms with Gasteiger partial charge in [0.05, 0.1) is 11.7 Å². The van der Waals surface area contributed by atoms with Crippen molar-refractivity contribution in [3.63, 3.8) is 0 Å². The Bertz CT molecular complexity index is 1230. The van der Waals surface area contributed by atoms with Crippen molar-refractivity contribution < 1.29 is 31.9 Å². The molecule has 8 nitrogen and oxygen atoms in total. The van der Waals surface area contributed by atoms with E-state index in [2.05, 4.69) is 0 Å². The lowest BCUT2D eigenvalue weighted by Gasteiger charge is -2.33. The molecule has 2 aliphatic carbocycles. The van der Waals surface area contributed by atoms with Gasteiger partial charge in [-0.25, -0.2) is 4.79 Å². The summed E-state index contributed by atoms with van der Waals surface area (Å²) in [6.45, 7) is 3.88. The zero-order chi connectivity index (χ0) is 29.7. The lowest BCUT2D eigenvalue weighted by molar-refractivity contribution is -0.141. The summed E-state index contributed by atoms with van der Waals surface area (Å²) in [7, 11) is 3.90. The van der Waals surface area contributed by atoms with Crippen LogP contribution < -0.4 is 11.4 Å². The number of ether oxygens (including phenoxy) is 1. The number of hydrogen-bond acceptors (Lipinski definition) is 7. The molecule has 1 heterocycles. The van der Waals surface area contributed by atoms with Crippen LogP contribution >= 0.6 is 0 Å². The highest BCUT2D eigenvalue weighted by atomic mass is 19.4. The van der Waals surface area contributed by atoms with Crippen molar-refractivity contribution >= 4 is 18.4 Å². The highest BCUT2D eigenvalue weighted by Crippen LogP contribution is 2.40. The van der Waals surface area contributed by atoms with Crippen molar-refractivity contribution in [1.29, 1.82) is 0 Å². The SMILES string of the molecule is CCCC1c2oc(=O)cc(C(F)(F)F)c2C=CC1OCCCCN(C=O)C(=O)C(C)(N)C1=CC=C(N(C)C)CC1. The van der Waals surface area contributed by atoms with E-state index in [4.69, 9.17) is 14.9 Å². The van der Waals surface area contributed by atoms with Gasteiger partial charge in [-0.15, -0.1) is 0 Å². The Balaban J connectivity index is 1.59. The standard InChI is InChI=1S/C29H38F3N3O5/c1-5-8-22-24(14-13-21-23(29(30,31)32)17-25(37)40-26(21)22)39-16-7-6-15-35(18-36)27(38)28(2,33)19-9-11-20(12-10-19)34(3)4/h9,11,13-14,17-18,22,24H,5-8,10,12,15-16,33H2,1-4H3. The van der Waals surface area contributed by atoms with Gasteiger partial charge in [-0.3, -0.25) is 14.5 Å². The first kappa shape index (κ1) is 31.3. The van der Waals surface area contributed by atoms with E-state index in [-0.39, 0.29) is 24.5 Å². The van der Waals surface area contributed by atoms with E-state index >= 15 is 0 Å². The van der Waals surface area contributed by atoms with Gasteiger partial charge in [0.1, 0.15) is 11.3 Å². The van der Waals surface area contributed by atoms with Crippen LogP contribution in [0.4, 0.5) is 13.2 Å². The molecular weight excluding hydrogens is 527 g/mol. The van der Waals surface area contributed by atoms with Gasteiger partial charge in [-0.2, -0.15) is 13.2 Å². The third-order valence-corrected chi connectivity index (χ3v) is 7.42. The Morgan fingerprint density at radius 2 is 1.95 bits per heavy atom. The van der Waals surface area contributed by atoms with Crippen molar-refractivity contribution in [1.82, 2.24) is 9.80 Å². The Hall–Kier alpha value is -3.18. The number of nitrogens with two attached hydrogens (primary N) is 1. The molecule has 3 rings (SSSR count). The van der Waals surface area contributed by atoms with Gasteiger partial charge in [0.15, 0.2) is 0 Å². The number of hydrogen-bond donors (Lipinski definition) is 1. The van der Waals surface area contributed by atoms with Crippen LogP contribution in [0.25, 0.3) is 6.08 Å². The summed E-state index contributed by atoms with van der Waals surface area (Å²) in [5.41, 5.74) is 4.75. The number of alkyl halides is 3. The number of fused-ring (bicyclic) bond motifs is 1. The molecule has 2 N–H and O–H groups in total. The minimum atomic E-state index is -4.68. The summed E-state index contributed by atoms with van der Waals surface area (Å²) in [5, 5.41) is 0. The molecule has 0 saturated carbocycles. The molecule has 40 heavy (non-hydrogen) atoms. The number of allylic oxidation sites excluding steroid dienone is 3. The predicted molar refractivity (Wildman–Crippen MR) is 145 cm³/mol. The van der Waals surface area contributed by atoms with Gasteiger partial charge < -0.3 is 19.8 Å². The van der Waals surface area contributed by atoms with E-state index in [0.717, 1.165) is 22.6 Å². The average Bonchev–Trinajstić information content (AvgIpc) is 2.90. The summed E-state index contributed by atoms with van der Waals surface area (Å²) in [6.07, 6.45) is 5.26. The van der Waals surface area contributed by atoms with Gasteiger partial charge in [0.2, 0.25) is 6.41 Å². The summed E-state index contributed by atoms with van der Waals surface area (Å²) in [6, 6.07) is 0.475. The number of unbranched alkanes of at least 4 members (excludes halogenated alkanes) is 1. The first-order valence-corrected chi connectivity index (χ1v) is 13.5. The van der Waals surface area contributed by atoms with Crippen molar-refractivity contribution in [2.45, 2.75) is 76.1 Å². The zero-order valence-corrected chi connectivity index (χ0v) is 23.4. The number of carbonyl (C=O) groups excluding carboxylic acids is 2. The van der Waals surface area contributed by atoms with Crippen LogP contribution in [0.3, 0.4) is 0 Å². The second-order valence-corrected chi connectivity index (χ2v) is 10.6. The monoisotopic (exact) mass is 565 g/mol. The normalized spacial score (nSPS) is 20.2. The highest BCUT2D eigenvalue weighted by Gasteiger charge is 2.40. The molecule has 0 radical (unpaired) electrons. The second kappa shape index (κ2) is 13.0. The van der Waals surface area contributed by atoms with Crippen LogP contribution in [-0.4, -0.2) is 61.0 Å². The number of nitrogens with zero attached hydrogens (tertiary/aromatic N) is 2. The van der Waals surface area contributed by atoms with Crippen molar-refractivity contribution in [2.75, 3.05) is 27.2 Å². The number of halogens is 3. The maximum atomic E-state index is 13.5. The van der Waals surface area contributed by atoms with Crippen molar-refractivity contribution in [3.05, 3.63) is 62.9 Å². The Kier molecular flexibility index (Phi) is 10.2. The van der Waals surface area contributed by atoms with E-state index in [9.17, 15) is 27.6 Å². The summed E-state index contributed by atoms with van der Waals surface area (Å²) in [4.78, 5) is 39.9. The van der Waals surface area contributed by atoms with Gasteiger partial charge in [-0.05, 0) is 50.7 Å². The number of carbonyl (C=O) groups is 2. The largest absolute Gasteiger partial charge is 0.427 e. The molecule has 11 heteroatoms. The quantitative estimate of drug-likeness (QED) is 0.292. The van der Waals surface area contributed by atoms with E-state index in [1.54, 1.807) is 13.0 Å². The first-order valence-electron chi connectivity index (χ1n) is 13.5. The fourth-order valence-electron chi connectivity index (χ4n) is 5.13. The van der Waals surface area contributed by atoms with Crippen molar-refractivity contribution in [2.24, 2.45) is 5.73 Å². The number of amides is 2. The van der Waals surface area contributed by atoms with Gasteiger partial charge in [0.25, 0.3) is 5.91 Å². The molecule has 2 aliphatic rings. The van der Waals surface area contributed by atoms with E-state index in [0.29, 0.717) is 44.6 Å². The van der Waals surface area contributed by atoms with Gasteiger partial charge in [0, 0.05) is 50.5 Å². The number of rotatable bonds is 12. The fourth-order valence-corrected chi connectivity index (χ4v) is 5.13. The van der Waals surface area contributed by atoms with Gasteiger partial charge in [-0.1, -0.05) is 31.6 Å². The second-order valence-electron chi connectivity index (χ2n) is 10.6. The van der Waals surface area contributed by atoms with E-state index in [1.165, 1.54) is 6.08 Å². The molecule has 2 amide bonds. The molecule has 220 valence electrons. The van der Waals surface area contributed by atoms with Crippen LogP contribution in [0.1, 0.15) is 75.2 Å². The van der Waals surface area contributed by atoms with Crippen LogP contribution in [0, 0.1) is 0 Å². The summed E-state index contributed by atoms with van der Waals surface area (Å²) in [5.74, 6) is -1.04. The Morgan fingerprint density at radius 3 is 2.52 bits per heavy atom. The molecule has 1 aromatic heterocycles. The maximum Gasteiger partial charge on any atom is 0.417 e. The molecule has 0 fully saturated rings. The molecule has 0 saturated heterocycles. The molecule has 3 atom stereocenters. The van der Waals surface area contributed by atoms with E-state index < -0.39 is 40.8 Å². The smallest absolute Gasteiger partial charge is 0.417 e. The Labute approximate surface area is 232 Å². The first-order chi connectivity index (χ1) is 18.8. The highest BCUT2D eigenvalue weighted by molar-refractivity contribution is 5.95. The molecule has 0 bridgehead atoms. The minimum absolute atomic E-state index is 0.0151. The third-order valence-electron chi connectivity index (χ3n) is 7.42. The lowest BCUT2D eigenvalue weighted by atomic mass is 9.85. The predicted octanol–water partition coefficient (Wildman–Crippen LogP) is 4.60. The van der Waals surface area contributed by atoms with Crippen LogP contribution in [-0.2, 0) is 20.5 Å². The van der Waals surface area contributed by atoms with Crippen LogP contribution in [0.2, 0.25) is 0 Å². The molecule has 0 aliphatic heterocycles. The summed E-state index contributed by atoms with van der Waals surface area (Å²) < 4.78 is 51.8. The summed E-state index contributed by atoms with van der Waals surface area (Å²) >= 11 is 0. The Morgan fingerprint density at radius 1 is 1.23 bits per heavy atom. The fraction of sp³-hybridized carbons (Fsp3) is 0.552. The molecule has 3 unspecified atom stereocenters. The number of imide groups is 1. The van der Waals surface area contributed by atoms with Crippen molar-refractivity contribution in [3.8, 4) is 0 Å². The molecule has 1 aromatic rings. The van der Waals surface area contributed by atoms with Crippen LogP contribution in [0.5, 0.6) is 0 Å². The third kappa shape index (κ3) is 7.11. The maximum absolute atomic E-state index is 13.5.